The molecule has 0 aliphatic heterocycles. The molecule has 0 aliphatic carbocycles. The molecule has 6 heteroatoms. The smallest absolute Gasteiger partial charge is 0.0897 e. The van der Waals surface area contributed by atoms with E-state index in [-0.39, 0.29) is 0 Å². The molecule has 0 saturated heterocycles. The summed E-state index contributed by atoms with van der Waals surface area (Å²) in [7, 11) is 2.08. The van der Waals surface area contributed by atoms with E-state index >= 15 is 0 Å². The summed E-state index contributed by atoms with van der Waals surface area (Å²) in [5, 5.41) is 7.38. The lowest BCUT2D eigenvalue weighted by Gasteiger charge is -2.14. The highest BCUT2D eigenvalue weighted by Crippen LogP contribution is 2.09. The Bertz CT molecular complexity index is 476. The fraction of sp³-hybridized carbons (Fsp3) is 0.455. The van der Waals surface area contributed by atoms with Gasteiger partial charge in [0, 0.05) is 24.7 Å². The van der Waals surface area contributed by atoms with Gasteiger partial charge in [0.05, 0.1) is 29.1 Å². The first-order valence-corrected chi connectivity index (χ1v) is 6.39. The molecule has 0 atom stereocenters. The topological polar surface area (TPSA) is 60.0 Å². The maximum Gasteiger partial charge on any atom is 0.0897 e. The van der Waals surface area contributed by atoms with Crippen molar-refractivity contribution in [3.8, 4) is 0 Å². The van der Waals surface area contributed by atoms with E-state index in [0.717, 1.165) is 30.3 Å². The van der Waals surface area contributed by atoms with E-state index < -0.39 is 0 Å². The number of nitrogens with zero attached hydrogens (tertiary/aromatic N) is 4. The average molecular weight is 251 g/mol. The summed E-state index contributed by atoms with van der Waals surface area (Å²) in [6.45, 7) is 4.68. The Morgan fingerprint density at radius 2 is 2.35 bits per heavy atom. The molecule has 2 N–H and O–H groups in total. The van der Waals surface area contributed by atoms with Gasteiger partial charge in [0.15, 0.2) is 0 Å². The first kappa shape index (κ1) is 12.1. The molecule has 2 heterocycles. The minimum absolute atomic E-state index is 0.711. The minimum Gasteiger partial charge on any atom is -0.396 e. The molecule has 0 amide bonds. The zero-order valence-corrected chi connectivity index (χ0v) is 10.9. The maximum atomic E-state index is 5.61. The fourth-order valence-corrected chi connectivity index (χ4v) is 2.22. The van der Waals surface area contributed by atoms with Gasteiger partial charge in [-0.1, -0.05) is 0 Å². The summed E-state index contributed by atoms with van der Waals surface area (Å²) >= 11 is 1.69. The van der Waals surface area contributed by atoms with Crippen molar-refractivity contribution < 1.29 is 0 Å². The van der Waals surface area contributed by atoms with Gasteiger partial charge in [-0.3, -0.25) is 9.58 Å². The maximum absolute atomic E-state index is 5.61. The van der Waals surface area contributed by atoms with Crippen LogP contribution in [0.25, 0.3) is 0 Å². The monoisotopic (exact) mass is 251 g/mol. The van der Waals surface area contributed by atoms with Crippen LogP contribution in [0.5, 0.6) is 0 Å². The van der Waals surface area contributed by atoms with E-state index in [1.807, 2.05) is 17.8 Å². The molecule has 0 radical (unpaired) electrons. The highest BCUT2D eigenvalue weighted by molar-refractivity contribution is 7.09. The molecule has 2 aromatic rings. The Morgan fingerprint density at radius 3 is 2.94 bits per heavy atom. The van der Waals surface area contributed by atoms with Crippen molar-refractivity contribution in [3.05, 3.63) is 28.5 Å². The number of thiazole rings is 1. The number of rotatable bonds is 5. The number of hydrogen-bond donors (Lipinski definition) is 1. The standard InChI is InChI=1S/C11H17N5S/c1-9-14-11(8-17-9)7-15(2)3-4-16-6-10(12)5-13-16/h5-6,8H,3-4,7,12H2,1-2H3. The van der Waals surface area contributed by atoms with Crippen molar-refractivity contribution in [1.29, 1.82) is 0 Å². The van der Waals surface area contributed by atoms with E-state index in [2.05, 4.69) is 27.4 Å². The van der Waals surface area contributed by atoms with Crippen molar-refractivity contribution in [2.75, 3.05) is 19.3 Å². The van der Waals surface area contributed by atoms with Gasteiger partial charge in [-0.25, -0.2) is 4.98 Å². The summed E-state index contributed by atoms with van der Waals surface area (Å²) in [5.41, 5.74) is 7.45. The van der Waals surface area contributed by atoms with Gasteiger partial charge in [-0.2, -0.15) is 5.10 Å². The molecular formula is C11H17N5S. The van der Waals surface area contributed by atoms with Crippen LogP contribution in [0.2, 0.25) is 0 Å². The number of nitrogens with two attached hydrogens (primary N) is 1. The Morgan fingerprint density at radius 1 is 1.53 bits per heavy atom. The van der Waals surface area contributed by atoms with Crippen molar-refractivity contribution in [2.45, 2.75) is 20.0 Å². The normalized spacial score (nSPS) is 11.2. The first-order chi connectivity index (χ1) is 8.13. The molecule has 17 heavy (non-hydrogen) atoms. The van der Waals surface area contributed by atoms with Gasteiger partial charge >= 0.3 is 0 Å². The van der Waals surface area contributed by atoms with Crippen LogP contribution in [0.1, 0.15) is 10.7 Å². The van der Waals surface area contributed by atoms with E-state index in [1.54, 1.807) is 17.5 Å². The molecule has 92 valence electrons. The lowest BCUT2D eigenvalue weighted by atomic mass is 10.4. The molecule has 0 saturated carbocycles. The van der Waals surface area contributed by atoms with Gasteiger partial charge in [-0.15, -0.1) is 11.3 Å². The van der Waals surface area contributed by atoms with Crippen molar-refractivity contribution in [1.82, 2.24) is 19.7 Å². The Labute approximate surface area is 105 Å². The second-order valence-electron chi connectivity index (χ2n) is 4.13. The summed E-state index contributed by atoms with van der Waals surface area (Å²) < 4.78 is 1.86. The van der Waals surface area contributed by atoms with Crippen LogP contribution in [0.3, 0.4) is 0 Å². The second kappa shape index (κ2) is 5.29. The van der Waals surface area contributed by atoms with E-state index in [1.165, 1.54) is 0 Å². The number of anilines is 1. The molecule has 0 aliphatic rings. The third-order valence-electron chi connectivity index (χ3n) is 2.46. The SMILES string of the molecule is Cc1nc(CN(C)CCn2cc(N)cn2)cs1. The van der Waals surface area contributed by atoms with Gasteiger partial charge < -0.3 is 5.73 Å². The highest BCUT2D eigenvalue weighted by Gasteiger charge is 2.04. The number of nitrogen functional groups attached to an aromatic ring is 1. The van der Waals surface area contributed by atoms with Gasteiger partial charge in [-0.05, 0) is 14.0 Å². The van der Waals surface area contributed by atoms with Crippen molar-refractivity contribution >= 4 is 17.0 Å². The van der Waals surface area contributed by atoms with Crippen LogP contribution in [-0.4, -0.2) is 33.3 Å². The van der Waals surface area contributed by atoms with E-state index in [4.69, 9.17) is 5.73 Å². The highest BCUT2D eigenvalue weighted by atomic mass is 32.1. The van der Waals surface area contributed by atoms with Gasteiger partial charge in [0.25, 0.3) is 0 Å². The van der Waals surface area contributed by atoms with Crippen molar-refractivity contribution in [2.24, 2.45) is 0 Å². The first-order valence-electron chi connectivity index (χ1n) is 5.51. The Hall–Kier alpha value is -1.40. The molecule has 0 spiro atoms. The number of aryl methyl sites for hydroxylation is 1. The summed E-state index contributed by atoms with van der Waals surface area (Å²) in [6, 6.07) is 0. The number of hydrogen-bond acceptors (Lipinski definition) is 5. The lowest BCUT2D eigenvalue weighted by Crippen LogP contribution is -2.23. The predicted molar refractivity (Wildman–Crippen MR) is 69.8 cm³/mol. The van der Waals surface area contributed by atoms with Crippen LogP contribution >= 0.6 is 11.3 Å². The lowest BCUT2D eigenvalue weighted by molar-refractivity contribution is 0.302. The van der Waals surface area contributed by atoms with E-state index in [0.29, 0.717) is 5.69 Å². The van der Waals surface area contributed by atoms with Gasteiger partial charge in [0.2, 0.25) is 0 Å². The van der Waals surface area contributed by atoms with Crippen molar-refractivity contribution in [3.63, 3.8) is 0 Å². The second-order valence-corrected chi connectivity index (χ2v) is 5.19. The van der Waals surface area contributed by atoms with Gasteiger partial charge in [0.1, 0.15) is 0 Å². The quantitative estimate of drug-likeness (QED) is 0.871. The Kier molecular flexibility index (Phi) is 3.75. The largest absolute Gasteiger partial charge is 0.396 e. The van der Waals surface area contributed by atoms with Crippen LogP contribution < -0.4 is 5.73 Å². The minimum atomic E-state index is 0.711. The molecule has 0 fully saturated rings. The van der Waals surface area contributed by atoms with Crippen LogP contribution in [-0.2, 0) is 13.1 Å². The summed E-state index contributed by atoms with van der Waals surface area (Å²) in [4.78, 5) is 6.67. The molecule has 0 bridgehead atoms. The fourth-order valence-electron chi connectivity index (χ4n) is 1.61. The Balaban J connectivity index is 1.79. The molecule has 0 unspecified atom stereocenters. The average Bonchev–Trinajstić information content (AvgIpc) is 2.85. The molecule has 0 aromatic carbocycles. The summed E-state index contributed by atoms with van der Waals surface area (Å²) in [5.74, 6) is 0. The molecule has 2 aromatic heterocycles. The third kappa shape index (κ3) is 3.54. The molecule has 2 rings (SSSR count). The number of likely N-dealkylation sites (N-methyl/N-ethyl adjacent to an activating group) is 1. The third-order valence-corrected chi connectivity index (χ3v) is 3.28. The zero-order valence-electron chi connectivity index (χ0n) is 10.1. The van der Waals surface area contributed by atoms with Crippen LogP contribution in [0.15, 0.2) is 17.8 Å². The number of aromatic nitrogens is 3. The molecular weight excluding hydrogens is 234 g/mol. The van der Waals surface area contributed by atoms with E-state index in [9.17, 15) is 0 Å². The van der Waals surface area contributed by atoms with Crippen LogP contribution in [0, 0.1) is 6.92 Å². The van der Waals surface area contributed by atoms with Crippen LogP contribution in [0.4, 0.5) is 5.69 Å². The molecule has 5 nitrogen and oxygen atoms in total. The zero-order chi connectivity index (χ0) is 12.3. The predicted octanol–water partition coefficient (Wildman–Crippen LogP) is 1.36. The summed E-state index contributed by atoms with van der Waals surface area (Å²) in [6.07, 6.45) is 3.52.